The molecule has 6 amide bonds. The molecule has 0 aliphatic carbocycles. The molecule has 0 bridgehead atoms. The average molecular weight is 1940 g/mol. The monoisotopic (exact) mass is 1930 g/mol. The average Bonchev–Trinajstić information content (AvgIpc) is 1.69. The molecular weight excluding hydrogens is 1860 g/mol. The van der Waals surface area contributed by atoms with Crippen molar-refractivity contribution >= 4 is 181 Å². The second-order valence-electron chi connectivity index (χ2n) is 27.6. The summed E-state index contributed by atoms with van der Waals surface area (Å²) < 4.78 is 52.3. The number of benzene rings is 4. The van der Waals surface area contributed by atoms with Gasteiger partial charge in [-0.2, -0.15) is 20.0 Å². The van der Waals surface area contributed by atoms with Gasteiger partial charge in [0.2, 0.25) is 18.6 Å². The van der Waals surface area contributed by atoms with E-state index in [1.165, 1.54) is 55.5 Å². The molecule has 8 aliphatic heterocycles. The summed E-state index contributed by atoms with van der Waals surface area (Å²) in [6.45, 7) is 12.1. The molecule has 0 saturated carbocycles. The number of esters is 2. The summed E-state index contributed by atoms with van der Waals surface area (Å²) in [6, 6.07) is 38.0. The van der Waals surface area contributed by atoms with Gasteiger partial charge in [0.05, 0.1) is 140 Å². The van der Waals surface area contributed by atoms with E-state index in [1.54, 1.807) is 126 Å². The summed E-state index contributed by atoms with van der Waals surface area (Å²) in [5.74, 6) is -1.38. The quantitative estimate of drug-likeness (QED) is 0.0173. The maximum Gasteiger partial charge on any atom is 1.00 e. The number of carboxylic acids is 1. The molecule has 4 aromatic carbocycles. The Kier molecular flexibility index (Phi) is 40.6. The summed E-state index contributed by atoms with van der Waals surface area (Å²) in [7, 11) is 0. The molecule has 0 unspecified atom stereocenters. The molecule has 12 heterocycles. The zero-order valence-corrected chi connectivity index (χ0v) is 76.6. The van der Waals surface area contributed by atoms with Crippen molar-refractivity contribution in [1.29, 1.82) is 0 Å². The van der Waals surface area contributed by atoms with Crippen LogP contribution in [0.5, 0.6) is 0 Å². The number of furan rings is 4. The first kappa shape index (κ1) is 104. The molecule has 0 radical (unpaired) electrons. The van der Waals surface area contributed by atoms with E-state index in [0.29, 0.717) is 170 Å². The zero-order valence-electron chi connectivity index (χ0n) is 70.5. The Hall–Kier alpha value is -12.8. The number of amides is 6. The number of hydrogen-bond acceptors (Lipinski definition) is 38. The summed E-state index contributed by atoms with van der Waals surface area (Å²) in [5, 5.41) is 60.7. The number of para-hydroxylation sites is 4. The van der Waals surface area contributed by atoms with Crippen molar-refractivity contribution in [2.75, 3.05) is 138 Å². The van der Waals surface area contributed by atoms with Crippen molar-refractivity contribution in [3.8, 4) is 45.3 Å². The van der Waals surface area contributed by atoms with E-state index in [2.05, 4.69) is 35.3 Å². The fraction of sp³-hybridized carbons (Fsp3) is 0.265. The number of rotatable bonds is 22. The van der Waals surface area contributed by atoms with Crippen LogP contribution in [0.15, 0.2) is 203 Å². The van der Waals surface area contributed by atoms with Crippen LogP contribution in [-0.2, 0) is 71.6 Å². The van der Waals surface area contributed by atoms with Crippen molar-refractivity contribution in [2.45, 2.75) is 6.92 Å². The van der Waals surface area contributed by atoms with Crippen LogP contribution in [0, 0.1) is 40.5 Å². The molecule has 50 heteroatoms. The van der Waals surface area contributed by atoms with Gasteiger partial charge >= 0.3 is 41.5 Å². The van der Waals surface area contributed by atoms with Gasteiger partial charge in [-0.05, 0) is 120 Å². The van der Waals surface area contributed by atoms with Crippen LogP contribution in [0.1, 0.15) is 30.0 Å². The van der Waals surface area contributed by atoms with Crippen LogP contribution in [-0.4, -0.2) is 251 Å². The molecule has 16 rings (SSSR count). The number of nitro groups is 4. The Balaban J connectivity index is 0.000000184. The standard InChI is InChI=1S/2C20H18N4O6S.2C14H9N3O4S.C9H15NO5.C6H11NO3.ClH.Na/c2*25-18(12-23-7-9-29-10-8-23)21-20-22-19(26)17(31-20)11-13-5-6-16(30-13)14-3-1-2-4-15(14)24(27)28;2*15-14-16-13(18)12(22-14)7-8-5-6-11(21-8)9-3-1-2-4-10(9)17(19)20;1-8(11)14-7-15-9(12)6-10-2-4-13-5-3-10;8-6(9)5-7-1-3-10-4-2-7;;/h2*1-6,11H,7-10,12H2,(H,21,22,25,26);2*1-7H,(H2,15,16,18);2-7H2,1H3;1-5H2,(H,8,9);1H;/q;;;;;;;+1/p-1/b2*17-11-;2*12-7-;;;;. The minimum atomic E-state index is -1.01. The number of nitro benzene ring substituents is 4. The molecule has 0 spiro atoms. The smallest absolute Gasteiger partial charge is 0.549 e. The molecule has 4 fully saturated rings. The maximum absolute atomic E-state index is 12.2. The number of aliphatic carboxylic acids is 1. The molecule has 8 aromatic rings. The number of nitrogens with zero attached hydrogens (tertiary/aromatic N) is 12. The van der Waals surface area contributed by atoms with Crippen LogP contribution in [0.2, 0.25) is 0 Å². The van der Waals surface area contributed by atoms with Crippen molar-refractivity contribution in [1.82, 2.24) is 30.2 Å². The molecule has 0 atom stereocenters. The van der Waals surface area contributed by atoms with E-state index in [-0.39, 0.29) is 140 Å². The van der Waals surface area contributed by atoms with E-state index >= 15 is 0 Å². The van der Waals surface area contributed by atoms with Crippen LogP contribution in [0.3, 0.4) is 0 Å². The number of amidine groups is 4. The second kappa shape index (κ2) is 51.9. The molecule has 4 saturated heterocycles. The molecule has 692 valence electrons. The number of ether oxygens (including phenoxy) is 6. The Morgan fingerprint density at radius 3 is 0.925 bits per heavy atom. The summed E-state index contributed by atoms with van der Waals surface area (Å²) in [5.41, 5.74) is 12.1. The largest absolute Gasteiger partial charge is 1.00 e. The van der Waals surface area contributed by atoms with Gasteiger partial charge in [-0.15, -0.1) is 12.4 Å². The maximum atomic E-state index is 12.2. The summed E-state index contributed by atoms with van der Waals surface area (Å²) >= 11 is 4.18. The van der Waals surface area contributed by atoms with Crippen molar-refractivity contribution in [2.24, 2.45) is 31.4 Å². The Morgan fingerprint density at radius 2 is 0.662 bits per heavy atom. The Bertz CT molecular complexity index is 5570. The Labute approximate surface area is 799 Å². The van der Waals surface area contributed by atoms with Gasteiger partial charge < -0.3 is 78.1 Å². The predicted octanol–water partition coefficient (Wildman–Crippen LogP) is 4.99. The SMILES string of the molecule is CC(=O)OCOC(=O)CN1CCOCC1.Cl.NC1=NC(=O)/C(=C/c2ccc(-c3ccccc3[N+](=O)[O-])o2)S1.NC1=NC(=O)/C(=C/c2ccc(-c3ccccc3[N+](=O)[O-])o2)S1.O=C(CN1CCOCC1)NC1=NC(=O)/C(=C/c2ccc(-c3ccccc3[N+](=O)[O-])o2)S1.O=C(CN1CCOCC1)NC1=NC(=O)/C(=C/c2ccc(-c3ccccc3[N+](=O)[O-])o2)S1.O=C([O-])CN1CCOCC1.[Na+]. The second-order valence-corrected chi connectivity index (χ2v) is 31.8. The Morgan fingerprint density at radius 1 is 0.398 bits per heavy atom. The number of morpholine rings is 4. The van der Waals surface area contributed by atoms with Crippen LogP contribution < -0.4 is 56.8 Å². The molecule has 8 aliphatic rings. The normalized spacial score (nSPS) is 17.3. The van der Waals surface area contributed by atoms with Gasteiger partial charge in [0, 0.05) is 114 Å². The number of hydrogen-bond donors (Lipinski definition) is 4. The number of carbonyl (C=O) groups is 9. The minimum Gasteiger partial charge on any atom is -0.549 e. The van der Waals surface area contributed by atoms with Crippen LogP contribution in [0.4, 0.5) is 22.7 Å². The fourth-order valence-electron chi connectivity index (χ4n) is 12.3. The van der Waals surface area contributed by atoms with Gasteiger partial charge in [0.15, 0.2) is 20.7 Å². The molecule has 44 nitrogen and oxygen atoms in total. The molecule has 4 aromatic heterocycles. The van der Waals surface area contributed by atoms with Gasteiger partial charge in [0.1, 0.15) is 46.1 Å². The summed E-state index contributed by atoms with van der Waals surface area (Å²) in [4.78, 5) is 170. The molecule has 6 N–H and O–H groups in total. The number of carboxylic acid groups (broad SMARTS) is 1. The van der Waals surface area contributed by atoms with Gasteiger partial charge in [-0.1, -0.05) is 48.5 Å². The topological polar surface area (TPSA) is 596 Å². The van der Waals surface area contributed by atoms with Crippen molar-refractivity contribution < 1.29 is 144 Å². The van der Waals surface area contributed by atoms with E-state index in [1.807, 2.05) is 14.7 Å². The third-order valence-corrected chi connectivity index (χ3v) is 21.8. The van der Waals surface area contributed by atoms with E-state index in [0.717, 1.165) is 60.1 Å². The summed E-state index contributed by atoms with van der Waals surface area (Å²) in [6.07, 6.45) is 6.01. The van der Waals surface area contributed by atoms with E-state index < -0.39 is 61.2 Å². The first-order valence-electron chi connectivity index (χ1n) is 39.3. The van der Waals surface area contributed by atoms with Crippen LogP contribution >= 0.6 is 59.5 Å². The van der Waals surface area contributed by atoms with Gasteiger partial charge in [-0.3, -0.25) is 98.4 Å². The first-order chi connectivity index (χ1) is 63.0. The number of thioether (sulfide) groups is 4. The fourth-order valence-corrected chi connectivity index (χ4v) is 15.3. The third-order valence-electron chi connectivity index (χ3n) is 18.4. The number of nitrogens with two attached hydrogens (primary N) is 2. The van der Waals surface area contributed by atoms with E-state index in [4.69, 9.17) is 52.8 Å². The van der Waals surface area contributed by atoms with Gasteiger partial charge in [0.25, 0.3) is 46.4 Å². The molecular formula is C83H80ClN16NaO28S4. The third kappa shape index (κ3) is 32.3. The minimum absolute atomic E-state index is 0. The first-order valence-corrected chi connectivity index (χ1v) is 42.6. The van der Waals surface area contributed by atoms with Crippen molar-refractivity contribution in [3.63, 3.8) is 0 Å². The van der Waals surface area contributed by atoms with E-state index in [9.17, 15) is 88.7 Å². The number of aliphatic imine (C=N–C) groups is 4. The number of halogens is 1. The van der Waals surface area contributed by atoms with Crippen LogP contribution in [0.25, 0.3) is 69.6 Å². The van der Waals surface area contributed by atoms with Crippen molar-refractivity contribution in [3.05, 3.63) is 229 Å². The predicted molar refractivity (Wildman–Crippen MR) is 484 cm³/mol. The van der Waals surface area contributed by atoms with Gasteiger partial charge in [-0.25, -0.2) is 0 Å². The molecule has 133 heavy (non-hydrogen) atoms. The zero-order chi connectivity index (χ0) is 93.5. The number of nitrogens with one attached hydrogen (secondary N) is 2. The number of carbonyl (C=O) groups excluding carboxylic acids is 9.